The van der Waals surface area contributed by atoms with Crippen LogP contribution in [0.1, 0.15) is 17.2 Å². The fraction of sp³-hybridized carbons (Fsp3) is 0.0769. The van der Waals surface area contributed by atoms with Gasteiger partial charge in [0, 0.05) is 0 Å². The van der Waals surface area contributed by atoms with E-state index in [0.717, 1.165) is 12.1 Å². The lowest BCUT2D eigenvalue weighted by molar-refractivity contribution is 0.506. The van der Waals surface area contributed by atoms with Gasteiger partial charge in [0.2, 0.25) is 0 Å². The molecule has 1 nitrogen and oxygen atoms in total. The molecule has 0 spiro atoms. The fourth-order valence-corrected chi connectivity index (χ4v) is 1.85. The summed E-state index contributed by atoms with van der Waals surface area (Å²) in [6, 6.07) is 7.09. The highest BCUT2D eigenvalue weighted by Gasteiger charge is 2.13. The van der Waals surface area contributed by atoms with Gasteiger partial charge >= 0.3 is 0 Å². The zero-order valence-electron chi connectivity index (χ0n) is 9.13. The van der Waals surface area contributed by atoms with Crippen molar-refractivity contribution in [2.24, 2.45) is 5.73 Å². The molecule has 0 bridgehead atoms. The Morgan fingerprint density at radius 2 is 1.39 bits per heavy atom. The van der Waals surface area contributed by atoms with Crippen molar-refractivity contribution in [2.75, 3.05) is 0 Å². The summed E-state index contributed by atoms with van der Waals surface area (Å²) < 4.78 is 39.6. The Balaban J connectivity index is 2.37. The Labute approximate surface area is 111 Å². The van der Waals surface area contributed by atoms with E-state index in [0.29, 0.717) is 15.6 Å². The molecule has 2 aromatic carbocycles. The number of hydrogen-bond acceptors (Lipinski definition) is 1. The second kappa shape index (κ2) is 5.12. The van der Waals surface area contributed by atoms with Crippen LogP contribution >= 0.6 is 15.9 Å². The van der Waals surface area contributed by atoms with Crippen molar-refractivity contribution in [1.29, 1.82) is 0 Å². The highest BCUT2D eigenvalue weighted by molar-refractivity contribution is 9.10. The van der Waals surface area contributed by atoms with E-state index in [4.69, 9.17) is 5.73 Å². The monoisotopic (exact) mass is 315 g/mol. The lowest BCUT2D eigenvalue weighted by Crippen LogP contribution is -2.12. The maximum Gasteiger partial charge on any atom is 0.159 e. The van der Waals surface area contributed by atoms with Gasteiger partial charge in [-0.25, -0.2) is 13.2 Å². The van der Waals surface area contributed by atoms with Gasteiger partial charge in [-0.1, -0.05) is 12.1 Å². The van der Waals surface area contributed by atoms with Gasteiger partial charge in [-0.05, 0) is 51.3 Å². The third kappa shape index (κ3) is 2.57. The number of halogens is 4. The predicted octanol–water partition coefficient (Wildman–Crippen LogP) is 3.91. The van der Waals surface area contributed by atoms with Gasteiger partial charge in [0.15, 0.2) is 11.6 Å². The molecule has 0 aliphatic heterocycles. The van der Waals surface area contributed by atoms with E-state index in [-0.39, 0.29) is 0 Å². The van der Waals surface area contributed by atoms with Crippen LogP contribution in [0.4, 0.5) is 13.2 Å². The number of nitrogens with two attached hydrogens (primary N) is 1. The minimum atomic E-state index is -0.972. The molecule has 2 aromatic rings. The van der Waals surface area contributed by atoms with Crippen molar-refractivity contribution < 1.29 is 13.2 Å². The van der Waals surface area contributed by atoms with E-state index < -0.39 is 23.5 Å². The Bertz CT molecular complexity index is 535. The quantitative estimate of drug-likeness (QED) is 0.893. The van der Waals surface area contributed by atoms with Gasteiger partial charge in [-0.2, -0.15) is 0 Å². The second-order valence-electron chi connectivity index (χ2n) is 3.82. The van der Waals surface area contributed by atoms with Gasteiger partial charge in [0.1, 0.15) is 5.82 Å². The number of rotatable bonds is 2. The molecule has 1 unspecified atom stereocenters. The number of hydrogen-bond donors (Lipinski definition) is 1. The van der Waals surface area contributed by atoms with E-state index in [2.05, 4.69) is 15.9 Å². The van der Waals surface area contributed by atoms with E-state index in [1.54, 1.807) is 6.07 Å². The largest absolute Gasteiger partial charge is 0.320 e. The third-order valence-electron chi connectivity index (χ3n) is 2.61. The summed E-state index contributed by atoms with van der Waals surface area (Å²) in [4.78, 5) is 0. The lowest BCUT2D eigenvalue weighted by atomic mass is 9.99. The summed E-state index contributed by atoms with van der Waals surface area (Å²) in [7, 11) is 0. The first-order chi connectivity index (χ1) is 8.49. The summed E-state index contributed by atoms with van der Waals surface area (Å²) in [6.07, 6.45) is 0. The molecule has 0 aromatic heterocycles. The Morgan fingerprint density at radius 1 is 0.833 bits per heavy atom. The van der Waals surface area contributed by atoms with Crippen LogP contribution in [0.15, 0.2) is 40.9 Å². The van der Waals surface area contributed by atoms with Crippen LogP contribution in [0.3, 0.4) is 0 Å². The molecule has 5 heteroatoms. The second-order valence-corrected chi connectivity index (χ2v) is 4.68. The topological polar surface area (TPSA) is 26.0 Å². The first kappa shape index (κ1) is 13.1. The molecule has 0 aliphatic rings. The maximum absolute atomic E-state index is 13.4. The van der Waals surface area contributed by atoms with Crippen molar-refractivity contribution in [3.8, 4) is 0 Å². The zero-order valence-corrected chi connectivity index (χ0v) is 10.7. The Hall–Kier alpha value is -1.33. The average molecular weight is 316 g/mol. The Kier molecular flexibility index (Phi) is 3.73. The highest BCUT2D eigenvalue weighted by Crippen LogP contribution is 2.24. The van der Waals surface area contributed by atoms with Crippen molar-refractivity contribution in [2.45, 2.75) is 6.04 Å². The lowest BCUT2D eigenvalue weighted by Gasteiger charge is -2.13. The summed E-state index contributed by atoms with van der Waals surface area (Å²) in [6.45, 7) is 0. The van der Waals surface area contributed by atoms with Crippen molar-refractivity contribution >= 4 is 15.9 Å². The normalized spacial score (nSPS) is 12.5. The summed E-state index contributed by atoms with van der Waals surface area (Å²) in [5, 5.41) is 0. The van der Waals surface area contributed by atoms with Gasteiger partial charge in [0.25, 0.3) is 0 Å². The van der Waals surface area contributed by atoms with Gasteiger partial charge < -0.3 is 5.73 Å². The van der Waals surface area contributed by atoms with E-state index in [1.807, 2.05) is 0 Å². The van der Waals surface area contributed by atoms with Crippen molar-refractivity contribution in [1.82, 2.24) is 0 Å². The SMILES string of the molecule is NC(c1ccc(F)c(F)c1)c1ccc(Br)c(F)c1. The number of benzene rings is 2. The smallest absolute Gasteiger partial charge is 0.159 e. The molecule has 0 amide bonds. The molecule has 0 fully saturated rings. The van der Waals surface area contributed by atoms with Crippen LogP contribution in [0.25, 0.3) is 0 Å². The highest BCUT2D eigenvalue weighted by atomic mass is 79.9. The molecule has 0 saturated heterocycles. The van der Waals surface area contributed by atoms with Crippen LogP contribution in [0.2, 0.25) is 0 Å². The van der Waals surface area contributed by atoms with Crippen LogP contribution in [-0.4, -0.2) is 0 Å². The van der Waals surface area contributed by atoms with Gasteiger partial charge in [-0.3, -0.25) is 0 Å². The van der Waals surface area contributed by atoms with Crippen LogP contribution < -0.4 is 5.73 Å². The van der Waals surface area contributed by atoms with Gasteiger partial charge in [-0.15, -0.1) is 0 Å². The minimum Gasteiger partial charge on any atom is -0.320 e. The predicted molar refractivity (Wildman–Crippen MR) is 66.5 cm³/mol. The summed E-state index contributed by atoms with van der Waals surface area (Å²) in [5.41, 5.74) is 6.76. The molecule has 1 atom stereocenters. The first-order valence-corrected chi connectivity index (χ1v) is 5.94. The maximum atomic E-state index is 13.4. The molecule has 2 rings (SSSR count). The van der Waals surface area contributed by atoms with E-state index >= 15 is 0 Å². The first-order valence-electron chi connectivity index (χ1n) is 5.14. The Morgan fingerprint density at radius 3 is 1.94 bits per heavy atom. The van der Waals surface area contributed by atoms with Gasteiger partial charge in [0.05, 0.1) is 10.5 Å². The minimum absolute atomic E-state index is 0.323. The van der Waals surface area contributed by atoms with Crippen molar-refractivity contribution in [3.05, 3.63) is 69.4 Å². The fourth-order valence-electron chi connectivity index (χ4n) is 1.60. The third-order valence-corrected chi connectivity index (χ3v) is 3.25. The molecule has 0 saturated carbocycles. The average Bonchev–Trinajstić information content (AvgIpc) is 2.35. The van der Waals surface area contributed by atoms with E-state index in [1.165, 1.54) is 18.2 Å². The standard InChI is InChI=1S/C13H9BrF3N/c14-9-3-1-7(5-11(9)16)13(18)8-2-4-10(15)12(17)6-8/h1-6,13H,18H2. The molecule has 18 heavy (non-hydrogen) atoms. The van der Waals surface area contributed by atoms with E-state index in [9.17, 15) is 13.2 Å². The molecular formula is C13H9BrF3N. The zero-order chi connectivity index (χ0) is 13.3. The molecule has 0 radical (unpaired) electrons. The van der Waals surface area contributed by atoms with Crippen LogP contribution in [-0.2, 0) is 0 Å². The molecule has 94 valence electrons. The summed E-state index contributed by atoms with van der Waals surface area (Å²) >= 11 is 3.03. The van der Waals surface area contributed by atoms with Crippen molar-refractivity contribution in [3.63, 3.8) is 0 Å². The molecule has 0 heterocycles. The van der Waals surface area contributed by atoms with Crippen LogP contribution in [0.5, 0.6) is 0 Å². The molecule has 2 N–H and O–H groups in total. The molecular weight excluding hydrogens is 307 g/mol. The van der Waals surface area contributed by atoms with Crippen LogP contribution in [0, 0.1) is 17.5 Å². The summed E-state index contributed by atoms with van der Waals surface area (Å²) in [5.74, 6) is -2.36. The molecule has 0 aliphatic carbocycles.